The van der Waals surface area contributed by atoms with Crippen molar-refractivity contribution in [3.8, 4) is 0 Å². The number of nitro groups is 1. The molecule has 1 heterocycles. The van der Waals surface area contributed by atoms with Crippen molar-refractivity contribution in [3.05, 3.63) is 79.8 Å². The highest BCUT2D eigenvalue weighted by molar-refractivity contribution is 6.32. The maximum atomic E-state index is 12.4. The van der Waals surface area contributed by atoms with Gasteiger partial charge in [0.05, 0.1) is 34.3 Å². The zero-order valence-corrected chi connectivity index (χ0v) is 14.8. The van der Waals surface area contributed by atoms with Gasteiger partial charge in [0.1, 0.15) is 5.02 Å². The first-order chi connectivity index (χ1) is 13.0. The van der Waals surface area contributed by atoms with Gasteiger partial charge < -0.3 is 4.74 Å². The number of esters is 1. The van der Waals surface area contributed by atoms with Crippen LogP contribution in [0.2, 0.25) is 5.02 Å². The van der Waals surface area contributed by atoms with Crippen LogP contribution in [0, 0.1) is 10.1 Å². The molecule has 0 spiro atoms. The molecule has 0 saturated heterocycles. The molecule has 3 rings (SSSR count). The van der Waals surface area contributed by atoms with Gasteiger partial charge in [0, 0.05) is 12.6 Å². The fourth-order valence-corrected chi connectivity index (χ4v) is 2.71. The van der Waals surface area contributed by atoms with Gasteiger partial charge in [-0.1, -0.05) is 23.7 Å². The molecule has 0 bridgehead atoms. The second kappa shape index (κ2) is 7.96. The summed E-state index contributed by atoms with van der Waals surface area (Å²) in [6, 6.07) is 10.7. The van der Waals surface area contributed by atoms with E-state index in [0.29, 0.717) is 23.9 Å². The van der Waals surface area contributed by atoms with E-state index < -0.39 is 10.9 Å². The highest BCUT2D eigenvalue weighted by atomic mass is 35.5. The van der Waals surface area contributed by atoms with Gasteiger partial charge in [-0.05, 0) is 30.7 Å². The maximum absolute atomic E-state index is 12.4. The highest BCUT2D eigenvalue weighted by Gasteiger charge is 2.17. The second-order valence-electron chi connectivity index (χ2n) is 5.67. The average molecular weight is 388 g/mol. The molecule has 0 N–H and O–H groups in total. The highest BCUT2D eigenvalue weighted by Crippen LogP contribution is 2.25. The SMILES string of the molecule is O=C(OCCCn1cnc2ccccc2c1=O)c1ccc(Cl)c([N+](=O)[O-])c1. The first kappa shape index (κ1) is 18.5. The van der Waals surface area contributed by atoms with Crippen molar-refractivity contribution < 1.29 is 14.5 Å². The Hall–Kier alpha value is -3.26. The number of hydrogen-bond donors (Lipinski definition) is 0. The minimum absolute atomic E-state index is 0.0376. The molecule has 0 aliphatic heterocycles. The Morgan fingerprint density at radius 3 is 2.81 bits per heavy atom. The lowest BCUT2D eigenvalue weighted by Crippen LogP contribution is -2.21. The van der Waals surface area contributed by atoms with E-state index in [0.717, 1.165) is 6.07 Å². The lowest BCUT2D eigenvalue weighted by atomic mass is 10.2. The molecule has 3 aromatic rings. The van der Waals surface area contributed by atoms with Crippen LogP contribution in [0.3, 0.4) is 0 Å². The fraction of sp³-hybridized carbons (Fsp3) is 0.167. The molecule has 138 valence electrons. The number of carbonyl (C=O) groups excluding carboxylic acids is 1. The Labute approximate surface area is 158 Å². The summed E-state index contributed by atoms with van der Waals surface area (Å²) in [5.74, 6) is -0.696. The Kier molecular flexibility index (Phi) is 5.46. The lowest BCUT2D eigenvalue weighted by Gasteiger charge is -2.08. The Morgan fingerprint density at radius 1 is 1.26 bits per heavy atom. The van der Waals surface area contributed by atoms with Gasteiger partial charge in [0.15, 0.2) is 0 Å². The number of carbonyl (C=O) groups is 1. The van der Waals surface area contributed by atoms with Crippen molar-refractivity contribution in [1.82, 2.24) is 9.55 Å². The van der Waals surface area contributed by atoms with Crippen LogP contribution in [-0.4, -0.2) is 27.1 Å². The van der Waals surface area contributed by atoms with E-state index in [1.54, 1.807) is 24.3 Å². The van der Waals surface area contributed by atoms with Crippen LogP contribution in [0.5, 0.6) is 0 Å². The summed E-state index contributed by atoms with van der Waals surface area (Å²) in [5, 5.41) is 11.3. The molecule has 0 aliphatic carbocycles. The smallest absolute Gasteiger partial charge is 0.338 e. The van der Waals surface area contributed by atoms with E-state index >= 15 is 0 Å². The summed E-state index contributed by atoms with van der Waals surface area (Å²) >= 11 is 5.71. The van der Waals surface area contributed by atoms with Crippen LogP contribution in [0.25, 0.3) is 10.9 Å². The predicted molar refractivity (Wildman–Crippen MR) is 99.0 cm³/mol. The third-order valence-electron chi connectivity index (χ3n) is 3.89. The number of benzene rings is 2. The Balaban J connectivity index is 1.60. The van der Waals surface area contributed by atoms with Crippen LogP contribution < -0.4 is 5.56 Å². The number of halogens is 1. The third kappa shape index (κ3) is 4.12. The van der Waals surface area contributed by atoms with Gasteiger partial charge in [0.2, 0.25) is 0 Å². The number of fused-ring (bicyclic) bond motifs is 1. The van der Waals surface area contributed by atoms with Crippen LogP contribution in [-0.2, 0) is 11.3 Å². The summed E-state index contributed by atoms with van der Waals surface area (Å²) in [5.41, 5.74) is 0.130. The monoisotopic (exact) mass is 387 g/mol. The third-order valence-corrected chi connectivity index (χ3v) is 4.21. The van der Waals surface area contributed by atoms with Crippen molar-refractivity contribution in [2.24, 2.45) is 0 Å². The summed E-state index contributed by atoms with van der Waals surface area (Å²) in [6.07, 6.45) is 1.84. The van der Waals surface area contributed by atoms with Crippen LogP contribution in [0.15, 0.2) is 53.6 Å². The average Bonchev–Trinajstić information content (AvgIpc) is 2.67. The number of rotatable bonds is 6. The largest absolute Gasteiger partial charge is 0.462 e. The summed E-state index contributed by atoms with van der Waals surface area (Å²) in [4.78, 5) is 38.8. The van der Waals surface area contributed by atoms with Crippen molar-refractivity contribution >= 4 is 34.2 Å². The number of hydrogen-bond acceptors (Lipinski definition) is 6. The molecule has 0 saturated carbocycles. The second-order valence-corrected chi connectivity index (χ2v) is 6.08. The lowest BCUT2D eigenvalue weighted by molar-refractivity contribution is -0.384. The van der Waals surface area contributed by atoms with Gasteiger partial charge in [-0.3, -0.25) is 19.5 Å². The van der Waals surface area contributed by atoms with E-state index in [4.69, 9.17) is 16.3 Å². The molecular formula is C18H14ClN3O5. The number of nitro benzene ring substituents is 1. The summed E-state index contributed by atoms with van der Waals surface area (Å²) in [7, 11) is 0. The molecule has 1 aromatic heterocycles. The molecule has 0 amide bonds. The quantitative estimate of drug-likeness (QED) is 0.278. The number of ether oxygens (including phenoxy) is 1. The standard InChI is InChI=1S/C18H14ClN3O5/c19-14-7-6-12(10-16(14)22(25)26)18(24)27-9-3-8-21-11-20-15-5-2-1-4-13(15)17(21)23/h1-2,4-7,10-11H,3,8-9H2. The zero-order chi connectivity index (χ0) is 19.4. The van der Waals surface area contributed by atoms with Crippen LogP contribution >= 0.6 is 11.6 Å². The molecular weight excluding hydrogens is 374 g/mol. The normalized spacial score (nSPS) is 10.7. The Bertz CT molecular complexity index is 1080. The van der Waals surface area contributed by atoms with E-state index in [2.05, 4.69) is 4.98 Å². The molecule has 0 radical (unpaired) electrons. The minimum atomic E-state index is -0.696. The molecule has 8 nitrogen and oxygen atoms in total. The molecule has 27 heavy (non-hydrogen) atoms. The van der Waals surface area contributed by atoms with Crippen LogP contribution in [0.4, 0.5) is 5.69 Å². The van der Waals surface area contributed by atoms with Crippen molar-refractivity contribution in [2.45, 2.75) is 13.0 Å². The van der Waals surface area contributed by atoms with E-state index in [9.17, 15) is 19.7 Å². The van der Waals surface area contributed by atoms with E-state index in [1.807, 2.05) is 0 Å². The predicted octanol–water partition coefficient (Wildman–Crippen LogP) is 3.21. The molecule has 0 atom stereocenters. The fourth-order valence-electron chi connectivity index (χ4n) is 2.53. The molecule has 0 fully saturated rings. The molecule has 0 aliphatic rings. The van der Waals surface area contributed by atoms with Crippen molar-refractivity contribution in [3.63, 3.8) is 0 Å². The number of aromatic nitrogens is 2. The molecule has 2 aromatic carbocycles. The zero-order valence-electron chi connectivity index (χ0n) is 14.0. The number of nitrogens with zero attached hydrogens (tertiary/aromatic N) is 3. The first-order valence-corrected chi connectivity index (χ1v) is 8.40. The number of para-hydroxylation sites is 1. The van der Waals surface area contributed by atoms with Gasteiger partial charge in [-0.2, -0.15) is 0 Å². The Morgan fingerprint density at radius 2 is 2.04 bits per heavy atom. The number of aryl methyl sites for hydroxylation is 1. The van der Waals surface area contributed by atoms with Crippen LogP contribution in [0.1, 0.15) is 16.8 Å². The first-order valence-electron chi connectivity index (χ1n) is 8.02. The van der Waals surface area contributed by atoms with E-state index in [1.165, 1.54) is 23.0 Å². The van der Waals surface area contributed by atoms with Gasteiger partial charge in [-0.25, -0.2) is 9.78 Å². The minimum Gasteiger partial charge on any atom is -0.462 e. The molecule has 0 unspecified atom stereocenters. The van der Waals surface area contributed by atoms with Gasteiger partial charge in [-0.15, -0.1) is 0 Å². The van der Waals surface area contributed by atoms with Crippen molar-refractivity contribution in [1.29, 1.82) is 0 Å². The topological polar surface area (TPSA) is 104 Å². The van der Waals surface area contributed by atoms with Gasteiger partial charge >= 0.3 is 5.97 Å². The summed E-state index contributed by atoms with van der Waals surface area (Å²) < 4.78 is 6.56. The van der Waals surface area contributed by atoms with E-state index in [-0.39, 0.29) is 28.4 Å². The summed E-state index contributed by atoms with van der Waals surface area (Å²) in [6.45, 7) is 0.374. The van der Waals surface area contributed by atoms with Gasteiger partial charge in [0.25, 0.3) is 11.2 Å². The molecule has 9 heteroatoms. The maximum Gasteiger partial charge on any atom is 0.338 e. The van der Waals surface area contributed by atoms with Crippen molar-refractivity contribution in [2.75, 3.05) is 6.61 Å².